The van der Waals surface area contributed by atoms with E-state index in [4.69, 9.17) is 20.1 Å². The number of hydrogen-bond donors (Lipinski definition) is 1. The summed E-state index contributed by atoms with van der Waals surface area (Å²) in [5.41, 5.74) is 2.22. The van der Waals surface area contributed by atoms with E-state index >= 15 is 0 Å². The van der Waals surface area contributed by atoms with Gasteiger partial charge < -0.3 is 0 Å². The Morgan fingerprint density at radius 1 is 0.724 bits per heavy atom. The van der Waals surface area contributed by atoms with Crippen LogP contribution in [-0.4, -0.2) is 5.26 Å². The molecule has 0 atom stereocenters. The van der Waals surface area contributed by atoms with E-state index in [0.717, 1.165) is 37.2 Å². The molecule has 29 heavy (non-hydrogen) atoms. The average molecular weight is 401 g/mol. The highest BCUT2D eigenvalue weighted by Gasteiger charge is 2.35. The third-order valence-electron chi connectivity index (χ3n) is 6.01. The summed E-state index contributed by atoms with van der Waals surface area (Å²) in [6, 6.07) is 21.0. The van der Waals surface area contributed by atoms with Crippen LogP contribution in [0.5, 0.6) is 0 Å². The van der Waals surface area contributed by atoms with Gasteiger partial charge in [0.2, 0.25) is 0 Å². The molecule has 0 aromatic heterocycles. The summed E-state index contributed by atoms with van der Waals surface area (Å²) in [6.07, 6.45) is 12.5. The SMILES string of the molecule is C.O=O.OOC1(c2ccccc2)CCCCC1.c1ccc(C2CCCCC2)cc1. The number of benzene rings is 2. The Labute approximate surface area is 175 Å². The summed E-state index contributed by atoms with van der Waals surface area (Å²) < 4.78 is 0. The summed E-state index contributed by atoms with van der Waals surface area (Å²) in [6.45, 7) is 0. The molecule has 4 rings (SSSR count). The quantitative estimate of drug-likeness (QED) is 0.422. The van der Waals surface area contributed by atoms with Crippen LogP contribution in [0.2, 0.25) is 0 Å². The van der Waals surface area contributed by atoms with E-state index in [0.29, 0.717) is 0 Å². The minimum Gasteiger partial charge on any atom is -0.251 e. The van der Waals surface area contributed by atoms with Gasteiger partial charge in [-0.3, -0.25) is 5.26 Å². The first kappa shape index (κ1) is 25.0. The second-order valence-electron chi connectivity index (χ2n) is 7.76. The van der Waals surface area contributed by atoms with Crippen molar-refractivity contribution < 1.29 is 10.1 Å². The topological polar surface area (TPSA) is 63.6 Å². The zero-order valence-electron chi connectivity index (χ0n) is 16.6. The molecular weight excluding hydrogens is 364 g/mol. The largest absolute Gasteiger partial charge is 0.251 e. The van der Waals surface area contributed by atoms with Gasteiger partial charge in [-0.05, 0) is 42.7 Å². The van der Waals surface area contributed by atoms with E-state index in [9.17, 15) is 0 Å². The Hall–Kier alpha value is -2.04. The average Bonchev–Trinajstić information content (AvgIpc) is 2.83. The first-order valence-electron chi connectivity index (χ1n) is 10.4. The Morgan fingerprint density at radius 2 is 1.21 bits per heavy atom. The Kier molecular flexibility index (Phi) is 12.1. The summed E-state index contributed by atoms with van der Waals surface area (Å²) in [5, 5.41) is 9.09. The van der Waals surface area contributed by atoms with Crippen molar-refractivity contribution in [1.29, 1.82) is 0 Å². The van der Waals surface area contributed by atoms with Gasteiger partial charge in [0.25, 0.3) is 0 Å². The molecule has 0 amide bonds. The Morgan fingerprint density at radius 3 is 1.72 bits per heavy atom. The standard InChI is InChI=1S/C12H16O2.C12H16.CH4.O2/c13-14-12(9-5-2-6-10-12)11-7-3-1-4-8-11;1-3-7-11(8-4-1)12-9-5-2-6-10-12;;1-2/h1,3-4,7-8,13H,2,5-6,9-10H2;1,3-4,7-8,12H,2,5-6,9-10H2;1H4;. The lowest BCUT2D eigenvalue weighted by atomic mass is 9.80. The van der Waals surface area contributed by atoms with Gasteiger partial charge in [-0.15, -0.1) is 0 Å². The molecule has 0 radical (unpaired) electrons. The van der Waals surface area contributed by atoms with Gasteiger partial charge in [0, 0.05) is 9.93 Å². The first-order valence-corrected chi connectivity index (χ1v) is 10.4. The van der Waals surface area contributed by atoms with E-state index in [1.54, 1.807) is 5.56 Å². The number of rotatable bonds is 3. The maximum atomic E-state index is 9.09. The highest BCUT2D eigenvalue weighted by atomic mass is 17.1. The third-order valence-corrected chi connectivity index (χ3v) is 6.01. The molecular formula is C25H36O4. The normalized spacial score (nSPS) is 18.1. The van der Waals surface area contributed by atoms with Crippen molar-refractivity contribution in [1.82, 2.24) is 0 Å². The molecule has 4 nitrogen and oxygen atoms in total. The van der Waals surface area contributed by atoms with Crippen molar-refractivity contribution in [3.63, 3.8) is 0 Å². The van der Waals surface area contributed by atoms with Gasteiger partial charge in [0.15, 0.2) is 0 Å². The monoisotopic (exact) mass is 400 g/mol. The van der Waals surface area contributed by atoms with Gasteiger partial charge >= 0.3 is 0 Å². The van der Waals surface area contributed by atoms with Crippen molar-refractivity contribution in [2.45, 2.75) is 83.2 Å². The van der Waals surface area contributed by atoms with Crippen LogP contribution in [0.3, 0.4) is 0 Å². The summed E-state index contributed by atoms with van der Waals surface area (Å²) >= 11 is 0. The Bertz CT molecular complexity index is 632. The van der Waals surface area contributed by atoms with Crippen molar-refractivity contribution in [2.75, 3.05) is 0 Å². The Balaban J connectivity index is 0.000000261. The summed E-state index contributed by atoms with van der Waals surface area (Å²) in [5.74, 6) is 0.861. The highest BCUT2D eigenvalue weighted by Crippen LogP contribution is 2.39. The van der Waals surface area contributed by atoms with Crippen molar-refractivity contribution in [2.24, 2.45) is 0 Å². The van der Waals surface area contributed by atoms with E-state index in [1.807, 2.05) is 30.3 Å². The molecule has 2 saturated carbocycles. The van der Waals surface area contributed by atoms with Crippen LogP contribution in [0.15, 0.2) is 60.7 Å². The smallest absolute Gasteiger partial charge is 0.128 e. The van der Waals surface area contributed by atoms with Gasteiger partial charge in [0.1, 0.15) is 5.60 Å². The summed E-state index contributed by atoms with van der Waals surface area (Å²) in [7, 11) is 0. The highest BCUT2D eigenvalue weighted by molar-refractivity contribution is 5.23. The zero-order chi connectivity index (χ0) is 20.1. The molecule has 160 valence electrons. The van der Waals surface area contributed by atoms with Gasteiger partial charge in [-0.2, -0.15) is 0 Å². The van der Waals surface area contributed by atoms with Crippen LogP contribution in [0.4, 0.5) is 0 Å². The molecule has 0 aliphatic heterocycles. The predicted octanol–water partition coefficient (Wildman–Crippen LogP) is 7.77. The van der Waals surface area contributed by atoms with Crippen LogP contribution in [0.1, 0.15) is 88.7 Å². The summed E-state index contributed by atoms with van der Waals surface area (Å²) in [4.78, 5) is 18.8. The number of hydrogen-bond acceptors (Lipinski definition) is 4. The third kappa shape index (κ3) is 7.37. The predicted molar refractivity (Wildman–Crippen MR) is 121 cm³/mol. The lowest BCUT2D eigenvalue weighted by molar-refractivity contribution is -0.337. The molecule has 0 bridgehead atoms. The lowest BCUT2D eigenvalue weighted by Gasteiger charge is -2.34. The van der Waals surface area contributed by atoms with Crippen LogP contribution in [0, 0.1) is 9.93 Å². The molecule has 2 aliphatic carbocycles. The van der Waals surface area contributed by atoms with Crippen molar-refractivity contribution in [3.8, 4) is 0 Å². The fraction of sp³-hybridized carbons (Fsp3) is 0.520. The maximum absolute atomic E-state index is 9.09. The molecule has 0 saturated heterocycles. The van der Waals surface area contributed by atoms with E-state index in [-0.39, 0.29) is 7.43 Å². The second-order valence-corrected chi connectivity index (χ2v) is 7.76. The molecule has 2 aromatic rings. The molecule has 0 spiro atoms. The zero-order valence-corrected chi connectivity index (χ0v) is 16.6. The maximum Gasteiger partial charge on any atom is 0.128 e. The molecule has 1 N–H and O–H groups in total. The van der Waals surface area contributed by atoms with Gasteiger partial charge in [-0.1, -0.05) is 107 Å². The molecule has 0 heterocycles. The van der Waals surface area contributed by atoms with Crippen LogP contribution >= 0.6 is 0 Å². The van der Waals surface area contributed by atoms with Gasteiger partial charge in [0.05, 0.1) is 0 Å². The van der Waals surface area contributed by atoms with Crippen LogP contribution in [0.25, 0.3) is 0 Å². The fourth-order valence-electron chi connectivity index (χ4n) is 4.46. The van der Waals surface area contributed by atoms with Crippen molar-refractivity contribution >= 4 is 0 Å². The van der Waals surface area contributed by atoms with E-state index in [1.165, 1.54) is 38.5 Å². The second kappa shape index (κ2) is 14.0. The molecule has 2 aromatic carbocycles. The van der Waals surface area contributed by atoms with E-state index < -0.39 is 5.60 Å². The van der Waals surface area contributed by atoms with Gasteiger partial charge in [-0.25, -0.2) is 4.89 Å². The van der Waals surface area contributed by atoms with Crippen LogP contribution < -0.4 is 0 Å². The first-order chi connectivity index (χ1) is 13.8. The lowest BCUT2D eigenvalue weighted by Crippen LogP contribution is -2.31. The molecule has 2 fully saturated rings. The minimum atomic E-state index is -0.431. The van der Waals surface area contributed by atoms with E-state index in [2.05, 4.69) is 30.3 Å². The van der Waals surface area contributed by atoms with Crippen molar-refractivity contribution in [3.05, 3.63) is 81.7 Å². The minimum absolute atomic E-state index is 0. The molecule has 0 unspecified atom stereocenters. The van der Waals surface area contributed by atoms with Crippen LogP contribution in [-0.2, 0) is 10.5 Å². The fourth-order valence-corrected chi connectivity index (χ4v) is 4.46. The molecule has 2 aliphatic rings. The molecule has 4 heteroatoms.